The molecule has 2 aromatic carbocycles. The zero-order chi connectivity index (χ0) is 12.8. The number of hydrogen-bond acceptors (Lipinski definition) is 2. The Balaban J connectivity index is 1.91. The van der Waals surface area contributed by atoms with Crippen LogP contribution in [0.4, 0.5) is 0 Å². The van der Waals surface area contributed by atoms with E-state index in [-0.39, 0.29) is 0 Å². The van der Waals surface area contributed by atoms with E-state index in [0.717, 1.165) is 6.54 Å². The highest BCUT2D eigenvalue weighted by molar-refractivity contribution is 7.99. The molecule has 0 bridgehead atoms. The van der Waals surface area contributed by atoms with Crippen LogP contribution in [0.25, 0.3) is 10.8 Å². The first kappa shape index (κ1) is 13.4. The van der Waals surface area contributed by atoms with Crippen molar-refractivity contribution in [3.63, 3.8) is 0 Å². The van der Waals surface area contributed by atoms with Gasteiger partial charge in [0.2, 0.25) is 0 Å². The Bertz CT molecular complexity index is 495. The maximum Gasteiger partial charge on any atom is 0.00783 e. The minimum Gasteiger partial charge on any atom is -0.315 e. The topological polar surface area (TPSA) is 12.0 Å². The Hall–Kier alpha value is -0.990. The van der Waals surface area contributed by atoms with Crippen molar-refractivity contribution in [3.05, 3.63) is 42.5 Å². The van der Waals surface area contributed by atoms with Crippen LogP contribution in [-0.2, 0) is 0 Å². The second-order valence-electron chi connectivity index (χ2n) is 4.60. The van der Waals surface area contributed by atoms with E-state index >= 15 is 0 Å². The summed E-state index contributed by atoms with van der Waals surface area (Å²) in [6.07, 6.45) is 1.21. The summed E-state index contributed by atoms with van der Waals surface area (Å²) in [4.78, 5) is 1.37. The summed E-state index contributed by atoms with van der Waals surface area (Å²) >= 11 is 1.95. The van der Waals surface area contributed by atoms with Gasteiger partial charge in [0.25, 0.3) is 0 Å². The molecule has 0 spiro atoms. The fourth-order valence-electron chi connectivity index (χ4n) is 2.06. The number of thioether (sulfide) groups is 1. The highest BCUT2D eigenvalue weighted by Crippen LogP contribution is 2.24. The van der Waals surface area contributed by atoms with Crippen molar-refractivity contribution in [1.82, 2.24) is 5.32 Å². The minimum absolute atomic E-state index is 0.614. The van der Waals surface area contributed by atoms with Crippen LogP contribution >= 0.6 is 11.8 Å². The van der Waals surface area contributed by atoms with Crippen molar-refractivity contribution in [2.24, 2.45) is 0 Å². The normalized spacial score (nSPS) is 12.8. The Labute approximate surface area is 114 Å². The van der Waals surface area contributed by atoms with Crippen LogP contribution in [0.2, 0.25) is 0 Å². The molecule has 0 saturated heterocycles. The van der Waals surface area contributed by atoms with Crippen LogP contribution in [0.1, 0.15) is 20.3 Å². The van der Waals surface area contributed by atoms with Crippen molar-refractivity contribution in [1.29, 1.82) is 0 Å². The second-order valence-corrected chi connectivity index (χ2v) is 5.77. The minimum atomic E-state index is 0.614. The molecule has 0 fully saturated rings. The molecule has 2 rings (SSSR count). The highest BCUT2D eigenvalue weighted by atomic mass is 32.2. The van der Waals surface area contributed by atoms with Gasteiger partial charge < -0.3 is 5.32 Å². The molecule has 0 aromatic heterocycles. The third-order valence-electron chi connectivity index (χ3n) is 3.09. The zero-order valence-electron chi connectivity index (χ0n) is 11.1. The molecule has 1 atom stereocenters. The van der Waals surface area contributed by atoms with Crippen molar-refractivity contribution in [3.8, 4) is 0 Å². The first-order valence-electron chi connectivity index (χ1n) is 6.64. The molecule has 0 heterocycles. The molecule has 1 nitrogen and oxygen atoms in total. The molecular formula is C16H21NS. The summed E-state index contributed by atoms with van der Waals surface area (Å²) in [6, 6.07) is 15.9. The van der Waals surface area contributed by atoms with Gasteiger partial charge in [-0.1, -0.05) is 37.3 Å². The summed E-state index contributed by atoms with van der Waals surface area (Å²) in [5.41, 5.74) is 0. The number of rotatable bonds is 6. The maximum absolute atomic E-state index is 3.45. The molecule has 18 heavy (non-hydrogen) atoms. The van der Waals surface area contributed by atoms with Crippen LogP contribution in [-0.4, -0.2) is 18.3 Å². The molecule has 0 aliphatic rings. The third kappa shape index (κ3) is 3.76. The predicted octanol–water partition coefficient (Wildman–Crippen LogP) is 4.32. The van der Waals surface area contributed by atoms with E-state index in [0.29, 0.717) is 6.04 Å². The van der Waals surface area contributed by atoms with E-state index in [1.54, 1.807) is 0 Å². The Morgan fingerprint density at radius 3 is 2.67 bits per heavy atom. The molecule has 0 saturated carbocycles. The first-order chi connectivity index (χ1) is 8.79. The van der Waals surface area contributed by atoms with Gasteiger partial charge in [-0.3, -0.25) is 0 Å². The van der Waals surface area contributed by atoms with Crippen molar-refractivity contribution in [2.75, 3.05) is 12.3 Å². The average molecular weight is 259 g/mol. The average Bonchev–Trinajstić information content (AvgIpc) is 2.39. The van der Waals surface area contributed by atoms with Crippen LogP contribution in [0.15, 0.2) is 47.4 Å². The van der Waals surface area contributed by atoms with Gasteiger partial charge in [0.15, 0.2) is 0 Å². The summed E-state index contributed by atoms with van der Waals surface area (Å²) in [5, 5.41) is 6.11. The summed E-state index contributed by atoms with van der Waals surface area (Å²) in [5.74, 6) is 1.17. The number of benzene rings is 2. The predicted molar refractivity (Wildman–Crippen MR) is 82.4 cm³/mol. The molecule has 0 aliphatic heterocycles. The zero-order valence-corrected chi connectivity index (χ0v) is 12.0. The lowest BCUT2D eigenvalue weighted by atomic mass is 10.1. The maximum atomic E-state index is 3.45. The van der Waals surface area contributed by atoms with E-state index < -0.39 is 0 Å². The molecule has 0 amide bonds. The molecule has 1 unspecified atom stereocenters. The van der Waals surface area contributed by atoms with Crippen molar-refractivity contribution >= 4 is 22.5 Å². The highest BCUT2D eigenvalue weighted by Gasteiger charge is 2.01. The van der Waals surface area contributed by atoms with Gasteiger partial charge in [-0.05, 0) is 48.5 Å². The molecule has 2 heteroatoms. The lowest BCUT2D eigenvalue weighted by Gasteiger charge is -2.11. The van der Waals surface area contributed by atoms with E-state index in [1.807, 2.05) is 11.8 Å². The lowest BCUT2D eigenvalue weighted by Crippen LogP contribution is -2.25. The SMILES string of the molecule is CCNC(C)CCSc1ccc2ccccc2c1. The van der Waals surface area contributed by atoms with Crippen molar-refractivity contribution in [2.45, 2.75) is 31.2 Å². The summed E-state index contributed by atoms with van der Waals surface area (Å²) in [7, 11) is 0. The van der Waals surface area contributed by atoms with Gasteiger partial charge in [0.05, 0.1) is 0 Å². The molecule has 0 aliphatic carbocycles. The second kappa shape index (κ2) is 6.81. The van der Waals surface area contributed by atoms with E-state index in [4.69, 9.17) is 0 Å². The van der Waals surface area contributed by atoms with Crippen molar-refractivity contribution < 1.29 is 0 Å². The monoisotopic (exact) mass is 259 g/mol. The van der Waals surface area contributed by atoms with Crippen LogP contribution in [0.3, 0.4) is 0 Å². The fraction of sp³-hybridized carbons (Fsp3) is 0.375. The van der Waals surface area contributed by atoms with Gasteiger partial charge in [0.1, 0.15) is 0 Å². The van der Waals surface area contributed by atoms with Gasteiger partial charge in [-0.15, -0.1) is 11.8 Å². The smallest absolute Gasteiger partial charge is 0.00783 e. The number of nitrogens with one attached hydrogen (secondary N) is 1. The van der Waals surface area contributed by atoms with Gasteiger partial charge in [0, 0.05) is 10.9 Å². The van der Waals surface area contributed by atoms with Gasteiger partial charge in [-0.25, -0.2) is 0 Å². The molecule has 0 radical (unpaired) electrons. The summed E-state index contributed by atoms with van der Waals surface area (Å²) < 4.78 is 0. The first-order valence-corrected chi connectivity index (χ1v) is 7.63. The Morgan fingerprint density at radius 1 is 1.11 bits per heavy atom. The summed E-state index contributed by atoms with van der Waals surface area (Å²) in [6.45, 7) is 5.47. The Kier molecular flexibility index (Phi) is 5.09. The van der Waals surface area contributed by atoms with Gasteiger partial charge in [-0.2, -0.15) is 0 Å². The Morgan fingerprint density at radius 2 is 1.89 bits per heavy atom. The number of fused-ring (bicyclic) bond motifs is 1. The van der Waals surface area contributed by atoms with E-state index in [2.05, 4.69) is 61.6 Å². The largest absolute Gasteiger partial charge is 0.315 e. The molecule has 1 N–H and O–H groups in total. The molecular weight excluding hydrogens is 238 g/mol. The van der Waals surface area contributed by atoms with Gasteiger partial charge >= 0.3 is 0 Å². The molecule has 2 aromatic rings. The quantitative estimate of drug-likeness (QED) is 0.775. The third-order valence-corrected chi connectivity index (χ3v) is 4.12. The lowest BCUT2D eigenvalue weighted by molar-refractivity contribution is 0.556. The van der Waals surface area contributed by atoms with E-state index in [1.165, 1.54) is 27.8 Å². The van der Waals surface area contributed by atoms with Crippen LogP contribution in [0, 0.1) is 0 Å². The number of hydrogen-bond donors (Lipinski definition) is 1. The van der Waals surface area contributed by atoms with E-state index in [9.17, 15) is 0 Å². The van der Waals surface area contributed by atoms with Crippen LogP contribution in [0.5, 0.6) is 0 Å². The standard InChI is InChI=1S/C16H21NS/c1-3-17-13(2)10-11-18-16-9-8-14-6-4-5-7-15(14)12-16/h4-9,12-13,17H,3,10-11H2,1-2H3. The van der Waals surface area contributed by atoms with Crippen LogP contribution < -0.4 is 5.32 Å². The molecule has 96 valence electrons. The fourth-order valence-corrected chi connectivity index (χ4v) is 3.14.